The van der Waals surface area contributed by atoms with Crippen LogP contribution >= 0.6 is 0 Å². The first kappa shape index (κ1) is 22.3. The van der Waals surface area contributed by atoms with E-state index in [2.05, 4.69) is 10.1 Å². The topological polar surface area (TPSA) is 66.7 Å². The molecule has 1 amide bonds. The Labute approximate surface area is 201 Å². The first-order valence-electron chi connectivity index (χ1n) is 12.4. The van der Waals surface area contributed by atoms with Gasteiger partial charge in [0.05, 0.1) is 16.9 Å². The van der Waals surface area contributed by atoms with Crippen LogP contribution < -0.4 is 4.90 Å². The lowest BCUT2D eigenvalue weighted by atomic mass is 9.91. The van der Waals surface area contributed by atoms with E-state index in [-0.39, 0.29) is 29.0 Å². The minimum atomic E-state index is -0.438. The van der Waals surface area contributed by atoms with Gasteiger partial charge in [-0.15, -0.1) is 0 Å². The molecule has 0 unspecified atom stereocenters. The van der Waals surface area contributed by atoms with Crippen LogP contribution in [0.1, 0.15) is 65.2 Å². The van der Waals surface area contributed by atoms with Gasteiger partial charge in [0.15, 0.2) is 11.4 Å². The lowest BCUT2D eigenvalue weighted by Gasteiger charge is -2.31. The first-order chi connectivity index (χ1) is 17.0. The van der Waals surface area contributed by atoms with Crippen LogP contribution in [0.5, 0.6) is 0 Å². The van der Waals surface area contributed by atoms with Crippen molar-refractivity contribution in [3.8, 4) is 0 Å². The van der Waals surface area contributed by atoms with E-state index in [9.17, 15) is 14.0 Å². The number of fused-ring (bicyclic) bond motifs is 1. The second-order valence-corrected chi connectivity index (χ2v) is 9.87. The van der Waals surface area contributed by atoms with E-state index in [0.717, 1.165) is 49.1 Å². The number of benzene rings is 2. The normalized spacial score (nSPS) is 18.5. The summed E-state index contributed by atoms with van der Waals surface area (Å²) in [5, 5.41) is 5.08. The Balaban J connectivity index is 1.05. The van der Waals surface area contributed by atoms with Crippen molar-refractivity contribution >= 4 is 28.3 Å². The quantitative estimate of drug-likeness (QED) is 0.476. The van der Waals surface area contributed by atoms with Gasteiger partial charge in [-0.3, -0.25) is 9.59 Å². The van der Waals surface area contributed by atoms with Gasteiger partial charge in [0.1, 0.15) is 11.6 Å². The van der Waals surface area contributed by atoms with Crippen LogP contribution in [0.2, 0.25) is 0 Å². The molecule has 0 atom stereocenters. The summed E-state index contributed by atoms with van der Waals surface area (Å²) >= 11 is 0. The van der Waals surface area contributed by atoms with E-state index in [1.54, 1.807) is 17.0 Å². The molecule has 0 aliphatic carbocycles. The van der Waals surface area contributed by atoms with Crippen molar-refractivity contribution in [3.05, 3.63) is 58.3 Å². The Morgan fingerprint density at radius 1 is 1.09 bits per heavy atom. The van der Waals surface area contributed by atoms with E-state index in [1.165, 1.54) is 12.1 Å². The van der Waals surface area contributed by atoms with Crippen molar-refractivity contribution in [1.82, 2.24) is 10.1 Å². The maximum Gasteiger partial charge on any atom is 0.227 e. The molecule has 4 heterocycles. The van der Waals surface area contributed by atoms with Crippen molar-refractivity contribution in [2.75, 3.05) is 31.1 Å². The predicted octanol–water partition coefficient (Wildman–Crippen LogP) is 4.78. The van der Waals surface area contributed by atoms with E-state index in [1.807, 2.05) is 0 Å². The van der Waals surface area contributed by atoms with E-state index in [4.69, 9.17) is 4.52 Å². The second kappa shape index (κ2) is 8.82. The molecular weight excluding hydrogens is 452 g/mol. The number of rotatable bonds is 6. The average Bonchev–Trinajstić information content (AvgIpc) is 3.49. The average molecular weight is 480 g/mol. The van der Waals surface area contributed by atoms with Crippen molar-refractivity contribution in [3.63, 3.8) is 0 Å². The monoisotopic (exact) mass is 479 g/mol. The zero-order chi connectivity index (χ0) is 24.1. The summed E-state index contributed by atoms with van der Waals surface area (Å²) in [6.45, 7) is 3.06. The highest BCUT2D eigenvalue weighted by Gasteiger charge is 2.35. The van der Waals surface area contributed by atoms with Crippen LogP contribution in [-0.2, 0) is 17.6 Å². The molecule has 3 aliphatic heterocycles. The molecule has 3 aliphatic rings. The molecule has 0 N–H and O–H groups in total. The summed E-state index contributed by atoms with van der Waals surface area (Å²) in [6.07, 6.45) is 4.29. The molecule has 2 aromatic carbocycles. The predicted molar refractivity (Wildman–Crippen MR) is 127 cm³/mol. The van der Waals surface area contributed by atoms with Crippen LogP contribution in [0.15, 0.2) is 28.8 Å². The number of halogens is 2. The summed E-state index contributed by atoms with van der Waals surface area (Å²) in [4.78, 5) is 29.0. The molecule has 6 nitrogen and oxygen atoms in total. The van der Waals surface area contributed by atoms with Crippen LogP contribution in [-0.4, -0.2) is 47.9 Å². The third-order valence-electron chi connectivity index (χ3n) is 7.79. The van der Waals surface area contributed by atoms with Crippen LogP contribution in [0.3, 0.4) is 0 Å². The fourth-order valence-electron chi connectivity index (χ4n) is 5.94. The molecule has 0 spiro atoms. The lowest BCUT2D eigenvalue weighted by Crippen LogP contribution is -2.34. The Morgan fingerprint density at radius 2 is 1.91 bits per heavy atom. The maximum absolute atomic E-state index is 15.2. The number of amides is 1. The number of likely N-dealkylation sites (tertiary alicyclic amines) is 1. The minimum absolute atomic E-state index is 0.0455. The van der Waals surface area contributed by atoms with Gasteiger partial charge in [-0.1, -0.05) is 5.16 Å². The first-order valence-corrected chi connectivity index (χ1v) is 12.4. The zero-order valence-electron chi connectivity index (χ0n) is 19.5. The largest absolute Gasteiger partial charge is 0.356 e. The van der Waals surface area contributed by atoms with Gasteiger partial charge in [-0.25, -0.2) is 8.78 Å². The van der Waals surface area contributed by atoms with E-state index < -0.39 is 5.82 Å². The summed E-state index contributed by atoms with van der Waals surface area (Å²) in [5.41, 5.74) is 3.72. The summed E-state index contributed by atoms with van der Waals surface area (Å²) in [7, 11) is 0. The van der Waals surface area contributed by atoms with E-state index in [0.29, 0.717) is 55.5 Å². The third-order valence-corrected chi connectivity index (χ3v) is 7.79. The lowest BCUT2D eigenvalue weighted by molar-refractivity contribution is -0.118. The number of carbonyl (C=O) groups excluding carboxylic acids is 2. The Morgan fingerprint density at radius 3 is 2.74 bits per heavy atom. The highest BCUT2D eigenvalue weighted by Crippen LogP contribution is 2.40. The van der Waals surface area contributed by atoms with Gasteiger partial charge in [0, 0.05) is 42.3 Å². The Bertz CT molecular complexity index is 1330. The number of ketones is 1. The van der Waals surface area contributed by atoms with Gasteiger partial charge in [0.25, 0.3) is 0 Å². The molecular formula is C27H27F2N3O3. The number of carbonyl (C=O) groups is 2. The van der Waals surface area contributed by atoms with Crippen molar-refractivity contribution in [2.45, 2.75) is 50.9 Å². The van der Waals surface area contributed by atoms with Gasteiger partial charge in [0.2, 0.25) is 5.91 Å². The van der Waals surface area contributed by atoms with Crippen LogP contribution in [0.25, 0.3) is 11.0 Å². The van der Waals surface area contributed by atoms with Crippen molar-refractivity contribution < 1.29 is 22.9 Å². The number of piperidine rings is 1. The summed E-state index contributed by atoms with van der Waals surface area (Å²) in [5.74, 6) is -0.618. The van der Waals surface area contributed by atoms with Crippen molar-refractivity contribution in [1.29, 1.82) is 0 Å². The third kappa shape index (κ3) is 3.93. The molecule has 1 fully saturated rings. The molecule has 35 heavy (non-hydrogen) atoms. The smallest absolute Gasteiger partial charge is 0.227 e. The van der Waals surface area contributed by atoms with Crippen LogP contribution in [0, 0.1) is 11.6 Å². The number of hydrogen-bond donors (Lipinski definition) is 0. The molecule has 1 aromatic heterocycles. The summed E-state index contributed by atoms with van der Waals surface area (Å²) < 4.78 is 33.9. The Kier molecular flexibility index (Phi) is 5.63. The minimum Gasteiger partial charge on any atom is -0.356 e. The summed E-state index contributed by atoms with van der Waals surface area (Å²) in [6, 6.07) is 6.22. The second-order valence-electron chi connectivity index (χ2n) is 9.87. The molecule has 8 heteroatoms. The number of nitrogens with zero attached hydrogens (tertiary/aromatic N) is 3. The molecule has 0 radical (unpaired) electrons. The number of hydrogen-bond acceptors (Lipinski definition) is 5. The standard InChI is InChI=1S/C27H27F2N3O3/c28-18-4-5-19-23(15-18)35-30-26(19)16-7-11-31(12-8-16)10-1-2-22(33)21-14-17-3-6-24(34)32-13-9-20(25(21)29)27(17)32/h4-5,14-16H,1-3,6-13H2. The van der Waals surface area contributed by atoms with E-state index >= 15 is 4.39 Å². The molecule has 0 saturated carbocycles. The zero-order valence-corrected chi connectivity index (χ0v) is 19.5. The van der Waals surface area contributed by atoms with Crippen molar-refractivity contribution in [2.24, 2.45) is 0 Å². The molecule has 3 aromatic rings. The van der Waals surface area contributed by atoms with Gasteiger partial charge >= 0.3 is 0 Å². The fraction of sp³-hybridized carbons (Fsp3) is 0.444. The molecule has 182 valence electrons. The number of aromatic nitrogens is 1. The van der Waals surface area contributed by atoms with Crippen LogP contribution in [0.4, 0.5) is 14.5 Å². The van der Waals surface area contributed by atoms with Gasteiger partial charge in [-0.2, -0.15) is 0 Å². The number of anilines is 1. The number of Topliss-reactive ketones (excluding diaryl/α,β-unsaturated/α-hetero) is 1. The number of aryl methyl sites for hydroxylation is 1. The van der Waals surface area contributed by atoms with Gasteiger partial charge in [-0.05, 0) is 75.5 Å². The SMILES string of the molecule is O=C(CCCN1CCC(c2noc3cc(F)ccc23)CC1)c1cc2c3c(c1F)CCN3C(=O)CC2. The molecule has 1 saturated heterocycles. The molecule has 6 rings (SSSR count). The van der Waals surface area contributed by atoms with Gasteiger partial charge < -0.3 is 14.3 Å². The maximum atomic E-state index is 15.2. The highest BCUT2D eigenvalue weighted by atomic mass is 19.1. The molecule has 0 bridgehead atoms. The highest BCUT2D eigenvalue weighted by molar-refractivity contribution is 6.02. The Hall–Kier alpha value is -3.13. The fourth-order valence-corrected chi connectivity index (χ4v) is 5.94.